The number of nitrogens with one attached hydrogen (secondary N) is 1. The largest absolute Gasteiger partial charge is 0.475 e. The molecule has 1 aromatic rings. The van der Waals surface area contributed by atoms with Gasteiger partial charge >= 0.3 is 7.12 Å². The van der Waals surface area contributed by atoms with Crippen molar-refractivity contribution in [1.29, 1.82) is 0 Å². The van der Waals surface area contributed by atoms with Gasteiger partial charge < -0.3 is 20.3 Å². The summed E-state index contributed by atoms with van der Waals surface area (Å²) in [5.41, 5.74) is 3.93. The number of amides is 2. The number of hydrogen-bond donors (Lipinski definition) is 3. The summed E-state index contributed by atoms with van der Waals surface area (Å²) in [6, 6.07) is 5.87. The van der Waals surface area contributed by atoms with Crippen molar-refractivity contribution in [3.05, 3.63) is 46.5 Å². The summed E-state index contributed by atoms with van der Waals surface area (Å²) >= 11 is 0. The highest BCUT2D eigenvalue weighted by Crippen LogP contribution is 2.13. The fourth-order valence-corrected chi connectivity index (χ4v) is 2.65. The predicted molar refractivity (Wildman–Crippen MR) is 103 cm³/mol. The van der Waals surface area contributed by atoms with E-state index in [-0.39, 0.29) is 12.5 Å². The molecule has 0 spiro atoms. The van der Waals surface area contributed by atoms with E-state index < -0.39 is 19.0 Å². The van der Waals surface area contributed by atoms with Gasteiger partial charge in [-0.05, 0) is 52.2 Å². The first-order chi connectivity index (χ1) is 12.1. The van der Waals surface area contributed by atoms with E-state index in [2.05, 4.69) is 5.32 Å². The topological polar surface area (TPSA) is 89.9 Å². The maximum atomic E-state index is 12.3. The maximum Gasteiger partial charge on any atom is 0.475 e. The van der Waals surface area contributed by atoms with Crippen LogP contribution in [0.3, 0.4) is 0 Å². The molecule has 1 atom stereocenters. The lowest BCUT2D eigenvalue weighted by molar-refractivity contribution is -0.132. The third-order valence-corrected chi connectivity index (χ3v) is 4.08. The molecular weight excluding hydrogens is 331 g/mol. The molecule has 2 amide bonds. The van der Waals surface area contributed by atoms with Gasteiger partial charge in [-0.15, -0.1) is 0 Å². The summed E-state index contributed by atoms with van der Waals surface area (Å²) in [6.07, 6.45) is 1.77. The quantitative estimate of drug-likeness (QED) is 0.479. The van der Waals surface area contributed by atoms with Crippen LogP contribution in [0.4, 0.5) is 0 Å². The van der Waals surface area contributed by atoms with Crippen molar-refractivity contribution in [2.45, 2.75) is 47.0 Å². The molecule has 0 fully saturated rings. The summed E-state index contributed by atoms with van der Waals surface area (Å²) in [4.78, 5) is 25.8. The fourth-order valence-electron chi connectivity index (χ4n) is 2.65. The van der Waals surface area contributed by atoms with Crippen molar-refractivity contribution in [2.24, 2.45) is 0 Å². The summed E-state index contributed by atoms with van der Waals surface area (Å²) < 4.78 is 0. The Hall–Kier alpha value is -2.12. The van der Waals surface area contributed by atoms with Crippen LogP contribution in [0, 0.1) is 13.8 Å². The second-order valence-electron chi connectivity index (χ2n) is 6.80. The van der Waals surface area contributed by atoms with Crippen LogP contribution >= 0.6 is 0 Å². The smallest absolute Gasteiger partial charge is 0.426 e. The summed E-state index contributed by atoms with van der Waals surface area (Å²) in [5.74, 6) is -1.51. The zero-order chi connectivity index (χ0) is 19.9. The molecule has 0 heterocycles. The zero-order valence-electron chi connectivity index (χ0n) is 16.2. The highest BCUT2D eigenvalue weighted by molar-refractivity contribution is 6.43. The van der Waals surface area contributed by atoms with Crippen LogP contribution in [0.25, 0.3) is 0 Å². The molecular formula is C19H29BN2O4. The van der Waals surface area contributed by atoms with Gasteiger partial charge in [0, 0.05) is 12.6 Å². The summed E-state index contributed by atoms with van der Waals surface area (Å²) in [6.45, 7) is 9.61. The minimum Gasteiger partial charge on any atom is -0.426 e. The van der Waals surface area contributed by atoms with Crippen molar-refractivity contribution in [3.8, 4) is 0 Å². The molecule has 7 heteroatoms. The van der Waals surface area contributed by atoms with E-state index in [1.807, 2.05) is 45.9 Å². The number of aryl methyl sites for hydroxylation is 2. The van der Waals surface area contributed by atoms with Gasteiger partial charge in [-0.1, -0.05) is 29.3 Å². The van der Waals surface area contributed by atoms with Crippen LogP contribution in [0.2, 0.25) is 0 Å². The Bertz CT molecular complexity index is 670. The Balaban J connectivity index is 2.78. The van der Waals surface area contributed by atoms with Crippen LogP contribution in [0.15, 0.2) is 29.8 Å². The Kier molecular flexibility index (Phi) is 8.55. The first-order valence-electron chi connectivity index (χ1n) is 8.79. The number of carbonyl (C=O) groups excluding carboxylic acids is 2. The average Bonchev–Trinajstić information content (AvgIpc) is 2.53. The summed E-state index contributed by atoms with van der Waals surface area (Å²) in [7, 11) is -1.69. The highest BCUT2D eigenvalue weighted by atomic mass is 16.4. The van der Waals surface area contributed by atoms with Crippen LogP contribution in [0.5, 0.6) is 0 Å². The molecule has 142 valence electrons. The molecule has 0 aromatic heterocycles. The van der Waals surface area contributed by atoms with Gasteiger partial charge in [0.1, 0.15) is 0 Å². The Morgan fingerprint density at radius 2 is 1.92 bits per heavy atom. The third kappa shape index (κ3) is 7.02. The van der Waals surface area contributed by atoms with Crippen molar-refractivity contribution in [2.75, 3.05) is 13.1 Å². The molecule has 6 nitrogen and oxygen atoms in total. The van der Waals surface area contributed by atoms with E-state index in [0.29, 0.717) is 13.0 Å². The van der Waals surface area contributed by atoms with Gasteiger partial charge in [0.2, 0.25) is 11.8 Å². The van der Waals surface area contributed by atoms with E-state index in [4.69, 9.17) is 0 Å². The highest BCUT2D eigenvalue weighted by Gasteiger charge is 2.27. The molecule has 0 saturated heterocycles. The average molecular weight is 360 g/mol. The van der Waals surface area contributed by atoms with Crippen LogP contribution < -0.4 is 5.32 Å². The second kappa shape index (κ2) is 10.1. The number of hydrogen-bond acceptors (Lipinski definition) is 4. The summed E-state index contributed by atoms with van der Waals surface area (Å²) in [5, 5.41) is 21.9. The van der Waals surface area contributed by atoms with E-state index in [1.165, 1.54) is 11.0 Å². The number of likely N-dealkylation sites (N-methyl/N-ethyl adjacent to an activating group) is 1. The van der Waals surface area contributed by atoms with Crippen LogP contribution in [-0.2, 0) is 16.0 Å². The molecule has 26 heavy (non-hydrogen) atoms. The number of allylic oxidation sites excluding steroid dienone is 1. The number of carbonyl (C=O) groups is 2. The fraction of sp³-hybridized carbons (Fsp3) is 0.474. The molecule has 0 bridgehead atoms. The predicted octanol–water partition coefficient (Wildman–Crippen LogP) is 1.16. The first kappa shape index (κ1) is 21.9. The molecule has 0 aliphatic rings. The SMILES string of the molecule is CCN(CC(=O)NC(Cc1ccc(C)cc1C)B(O)O)C(=O)C=C(C)C. The maximum absolute atomic E-state index is 12.3. The van der Waals surface area contributed by atoms with Gasteiger partial charge in [-0.25, -0.2) is 0 Å². The Labute approximate surface area is 156 Å². The van der Waals surface area contributed by atoms with E-state index >= 15 is 0 Å². The van der Waals surface area contributed by atoms with Gasteiger partial charge in [-0.3, -0.25) is 9.59 Å². The minimum atomic E-state index is -1.69. The van der Waals surface area contributed by atoms with E-state index in [1.54, 1.807) is 6.92 Å². The molecule has 0 saturated carbocycles. The van der Waals surface area contributed by atoms with Crippen molar-refractivity contribution >= 4 is 18.9 Å². The lowest BCUT2D eigenvalue weighted by Gasteiger charge is -2.23. The van der Waals surface area contributed by atoms with Crippen molar-refractivity contribution in [3.63, 3.8) is 0 Å². The number of benzene rings is 1. The lowest BCUT2D eigenvalue weighted by Crippen LogP contribution is -2.51. The minimum absolute atomic E-state index is 0.130. The van der Waals surface area contributed by atoms with Gasteiger partial charge in [0.05, 0.1) is 12.5 Å². The molecule has 0 aliphatic heterocycles. The van der Waals surface area contributed by atoms with Gasteiger partial charge in [-0.2, -0.15) is 0 Å². The van der Waals surface area contributed by atoms with Gasteiger partial charge in [0.15, 0.2) is 0 Å². The monoisotopic (exact) mass is 360 g/mol. The van der Waals surface area contributed by atoms with Crippen LogP contribution in [-0.4, -0.2) is 52.9 Å². The standard InChI is InChI=1S/C19H29BN2O4/c1-6-22(19(24)9-13(2)3)12-18(23)21-17(20(25)26)11-16-8-7-14(4)10-15(16)5/h7-10,17,25-26H,6,11-12H2,1-5H3,(H,21,23). The first-order valence-corrected chi connectivity index (χ1v) is 8.79. The zero-order valence-corrected chi connectivity index (χ0v) is 16.2. The molecule has 0 radical (unpaired) electrons. The van der Waals surface area contributed by atoms with Crippen molar-refractivity contribution in [1.82, 2.24) is 10.2 Å². The van der Waals surface area contributed by atoms with Crippen molar-refractivity contribution < 1.29 is 19.6 Å². The molecule has 1 aromatic carbocycles. The Morgan fingerprint density at radius 3 is 2.42 bits per heavy atom. The molecule has 0 aliphatic carbocycles. The third-order valence-electron chi connectivity index (χ3n) is 4.08. The normalized spacial score (nSPS) is 11.5. The Morgan fingerprint density at radius 1 is 1.27 bits per heavy atom. The van der Waals surface area contributed by atoms with E-state index in [0.717, 1.165) is 22.3 Å². The van der Waals surface area contributed by atoms with Gasteiger partial charge in [0.25, 0.3) is 0 Å². The number of rotatable bonds is 8. The van der Waals surface area contributed by atoms with Crippen LogP contribution in [0.1, 0.15) is 37.5 Å². The molecule has 3 N–H and O–H groups in total. The molecule has 1 rings (SSSR count). The lowest BCUT2D eigenvalue weighted by atomic mass is 9.75. The second-order valence-corrected chi connectivity index (χ2v) is 6.80. The number of nitrogens with zero attached hydrogens (tertiary/aromatic N) is 1. The molecule has 1 unspecified atom stereocenters. The van der Waals surface area contributed by atoms with E-state index in [9.17, 15) is 19.6 Å².